The topological polar surface area (TPSA) is 44.8 Å². The van der Waals surface area contributed by atoms with E-state index >= 15 is 0 Å². The fourth-order valence-corrected chi connectivity index (χ4v) is 4.85. The average Bonchev–Trinajstić information content (AvgIpc) is 2.72. The van der Waals surface area contributed by atoms with Crippen molar-refractivity contribution in [3.8, 4) is 5.75 Å². The van der Waals surface area contributed by atoms with Gasteiger partial charge < -0.3 is 15.0 Å². The van der Waals surface area contributed by atoms with E-state index < -0.39 is 0 Å². The number of aryl methyl sites for hydroxylation is 1. The molecule has 1 unspecified atom stereocenters. The maximum absolute atomic E-state index is 12.2. The zero-order valence-electron chi connectivity index (χ0n) is 18.7. The Morgan fingerprint density at radius 3 is 2.66 bits per heavy atom. The summed E-state index contributed by atoms with van der Waals surface area (Å²) >= 11 is 0. The molecule has 2 amide bonds. The van der Waals surface area contributed by atoms with E-state index in [-0.39, 0.29) is 12.1 Å². The molecule has 0 bridgehead atoms. The van der Waals surface area contributed by atoms with Gasteiger partial charge in [0.1, 0.15) is 5.75 Å². The lowest BCUT2D eigenvalue weighted by molar-refractivity contribution is 0.116. The summed E-state index contributed by atoms with van der Waals surface area (Å²) in [6.45, 7) is 10.4. The number of methoxy groups -OCH3 is 1. The molecule has 1 aromatic rings. The standard InChI is InChI=1S/C24H39N3O2/c1-5-12-27(17-19-10-13-26(14-11-19)24(28)25-18(2)3)22-8-6-21-16-23(29-4)9-7-20(21)15-22/h7,9,16,18-19,22H,5-6,8,10-15,17H2,1-4H3,(H,25,28). The van der Waals surface area contributed by atoms with Gasteiger partial charge in [-0.25, -0.2) is 4.79 Å². The highest BCUT2D eigenvalue weighted by Crippen LogP contribution is 2.29. The smallest absolute Gasteiger partial charge is 0.317 e. The monoisotopic (exact) mass is 401 g/mol. The van der Waals surface area contributed by atoms with Crippen molar-refractivity contribution in [2.75, 3.05) is 33.3 Å². The molecule has 1 fully saturated rings. The summed E-state index contributed by atoms with van der Waals surface area (Å²) in [6.07, 6.45) is 6.95. The lowest BCUT2D eigenvalue weighted by Gasteiger charge is -2.40. The molecule has 0 spiro atoms. The van der Waals surface area contributed by atoms with Crippen LogP contribution in [0.5, 0.6) is 5.75 Å². The van der Waals surface area contributed by atoms with Crippen molar-refractivity contribution in [2.24, 2.45) is 5.92 Å². The van der Waals surface area contributed by atoms with Crippen molar-refractivity contribution in [1.29, 1.82) is 0 Å². The largest absolute Gasteiger partial charge is 0.497 e. The van der Waals surface area contributed by atoms with Gasteiger partial charge in [-0.2, -0.15) is 0 Å². The predicted molar refractivity (Wildman–Crippen MR) is 119 cm³/mol. The van der Waals surface area contributed by atoms with E-state index in [4.69, 9.17) is 4.74 Å². The number of hydrogen-bond acceptors (Lipinski definition) is 3. The van der Waals surface area contributed by atoms with Crippen LogP contribution in [-0.2, 0) is 12.8 Å². The number of urea groups is 1. The highest BCUT2D eigenvalue weighted by atomic mass is 16.5. The van der Waals surface area contributed by atoms with Gasteiger partial charge >= 0.3 is 6.03 Å². The Balaban J connectivity index is 1.55. The first-order chi connectivity index (χ1) is 14.0. The summed E-state index contributed by atoms with van der Waals surface area (Å²) in [5.41, 5.74) is 2.95. The highest BCUT2D eigenvalue weighted by molar-refractivity contribution is 5.74. The summed E-state index contributed by atoms with van der Waals surface area (Å²) in [7, 11) is 1.74. The molecule has 29 heavy (non-hydrogen) atoms. The van der Waals surface area contributed by atoms with E-state index in [9.17, 15) is 4.79 Å². The number of hydrogen-bond donors (Lipinski definition) is 1. The molecule has 3 rings (SSSR count). The number of amides is 2. The molecule has 1 atom stereocenters. The van der Waals surface area contributed by atoms with Gasteiger partial charge in [-0.05, 0) is 88.1 Å². The molecule has 162 valence electrons. The van der Waals surface area contributed by atoms with E-state index in [1.54, 1.807) is 7.11 Å². The van der Waals surface area contributed by atoms with Crippen LogP contribution in [0.3, 0.4) is 0 Å². The summed E-state index contributed by atoms with van der Waals surface area (Å²) in [5.74, 6) is 1.67. The molecule has 0 saturated carbocycles. The molecular weight excluding hydrogens is 362 g/mol. The minimum absolute atomic E-state index is 0.100. The molecule has 1 aliphatic heterocycles. The van der Waals surface area contributed by atoms with E-state index in [0.717, 1.165) is 44.5 Å². The number of ether oxygens (including phenoxy) is 1. The van der Waals surface area contributed by atoms with Crippen LogP contribution >= 0.6 is 0 Å². The molecule has 1 aliphatic carbocycles. The summed E-state index contributed by atoms with van der Waals surface area (Å²) in [6, 6.07) is 7.52. The number of benzene rings is 1. The molecule has 5 nitrogen and oxygen atoms in total. The molecule has 1 heterocycles. The third-order valence-electron chi connectivity index (χ3n) is 6.45. The second kappa shape index (κ2) is 10.3. The number of carbonyl (C=O) groups excluding carboxylic acids is 1. The minimum Gasteiger partial charge on any atom is -0.497 e. The number of nitrogens with zero attached hydrogens (tertiary/aromatic N) is 2. The first-order valence-corrected chi connectivity index (χ1v) is 11.5. The van der Waals surface area contributed by atoms with Crippen LogP contribution in [0.1, 0.15) is 57.6 Å². The van der Waals surface area contributed by atoms with Crippen molar-refractivity contribution < 1.29 is 9.53 Å². The Kier molecular flexibility index (Phi) is 7.82. The molecule has 1 aromatic carbocycles. The highest BCUT2D eigenvalue weighted by Gasteiger charge is 2.29. The normalized spacial score (nSPS) is 20.1. The van der Waals surface area contributed by atoms with Gasteiger partial charge in [0.2, 0.25) is 0 Å². The van der Waals surface area contributed by atoms with Crippen LogP contribution in [0.25, 0.3) is 0 Å². The lowest BCUT2D eigenvalue weighted by Crippen LogP contribution is -2.49. The molecule has 1 saturated heterocycles. The van der Waals surface area contributed by atoms with E-state index in [0.29, 0.717) is 12.0 Å². The van der Waals surface area contributed by atoms with E-state index in [2.05, 4.69) is 35.3 Å². The fourth-order valence-electron chi connectivity index (χ4n) is 4.85. The van der Waals surface area contributed by atoms with Crippen molar-refractivity contribution >= 4 is 6.03 Å². The van der Waals surface area contributed by atoms with Gasteiger partial charge in [0.25, 0.3) is 0 Å². The molecule has 0 radical (unpaired) electrons. The Labute approximate surface area is 176 Å². The molecule has 2 aliphatic rings. The van der Waals surface area contributed by atoms with Crippen molar-refractivity contribution in [3.05, 3.63) is 29.3 Å². The fraction of sp³-hybridized carbons (Fsp3) is 0.708. The van der Waals surface area contributed by atoms with Crippen molar-refractivity contribution in [2.45, 2.75) is 71.4 Å². The Bertz CT molecular complexity index is 668. The molecule has 1 N–H and O–H groups in total. The van der Waals surface area contributed by atoms with Gasteiger partial charge in [-0.1, -0.05) is 13.0 Å². The first kappa shape index (κ1) is 21.9. The minimum atomic E-state index is 0.100. The molecule has 5 heteroatoms. The second-order valence-electron chi connectivity index (χ2n) is 9.06. The Morgan fingerprint density at radius 2 is 2.00 bits per heavy atom. The summed E-state index contributed by atoms with van der Waals surface area (Å²) < 4.78 is 5.40. The van der Waals surface area contributed by atoms with Crippen LogP contribution in [-0.4, -0.2) is 61.2 Å². The van der Waals surface area contributed by atoms with Gasteiger partial charge in [0.15, 0.2) is 0 Å². The quantitative estimate of drug-likeness (QED) is 0.748. The van der Waals surface area contributed by atoms with Gasteiger partial charge in [-0.15, -0.1) is 0 Å². The van der Waals surface area contributed by atoms with Gasteiger partial charge in [-0.3, -0.25) is 4.90 Å². The number of fused-ring (bicyclic) bond motifs is 1. The number of piperidine rings is 1. The van der Waals surface area contributed by atoms with Crippen LogP contribution in [0.15, 0.2) is 18.2 Å². The lowest BCUT2D eigenvalue weighted by atomic mass is 9.86. The van der Waals surface area contributed by atoms with E-state index in [1.165, 1.54) is 37.1 Å². The SMILES string of the molecule is CCCN(CC1CCN(C(=O)NC(C)C)CC1)C1CCc2cc(OC)ccc2C1. The maximum Gasteiger partial charge on any atom is 0.317 e. The summed E-state index contributed by atoms with van der Waals surface area (Å²) in [5, 5.41) is 3.03. The molecular formula is C24H39N3O2. The molecule has 0 aromatic heterocycles. The number of nitrogens with one attached hydrogen (secondary N) is 1. The van der Waals surface area contributed by atoms with Crippen LogP contribution < -0.4 is 10.1 Å². The van der Waals surface area contributed by atoms with Gasteiger partial charge in [0, 0.05) is 31.7 Å². The predicted octanol–water partition coefficient (Wildman–Crippen LogP) is 4.09. The van der Waals surface area contributed by atoms with Crippen LogP contribution in [0.4, 0.5) is 4.79 Å². The Hall–Kier alpha value is -1.75. The Morgan fingerprint density at radius 1 is 1.24 bits per heavy atom. The number of rotatable bonds is 7. The summed E-state index contributed by atoms with van der Waals surface area (Å²) in [4.78, 5) is 17.0. The van der Waals surface area contributed by atoms with Crippen LogP contribution in [0.2, 0.25) is 0 Å². The first-order valence-electron chi connectivity index (χ1n) is 11.5. The number of carbonyl (C=O) groups is 1. The van der Waals surface area contributed by atoms with Gasteiger partial charge in [0.05, 0.1) is 7.11 Å². The van der Waals surface area contributed by atoms with E-state index in [1.807, 2.05) is 18.7 Å². The zero-order valence-corrected chi connectivity index (χ0v) is 18.7. The third-order valence-corrected chi connectivity index (χ3v) is 6.45. The average molecular weight is 402 g/mol. The maximum atomic E-state index is 12.2. The van der Waals surface area contributed by atoms with Crippen molar-refractivity contribution in [1.82, 2.24) is 15.1 Å². The zero-order chi connectivity index (χ0) is 20.8. The van der Waals surface area contributed by atoms with Crippen molar-refractivity contribution in [3.63, 3.8) is 0 Å². The van der Waals surface area contributed by atoms with Crippen LogP contribution in [0, 0.1) is 5.92 Å². The third kappa shape index (κ3) is 5.88. The second-order valence-corrected chi connectivity index (χ2v) is 9.06. The number of likely N-dealkylation sites (tertiary alicyclic amines) is 1.